The fraction of sp³-hybridized carbons (Fsp3) is 0.333. The van der Waals surface area contributed by atoms with Crippen LogP contribution in [0.5, 0.6) is 0 Å². The van der Waals surface area contributed by atoms with E-state index in [4.69, 9.17) is 0 Å². The molecule has 0 aliphatic rings. The van der Waals surface area contributed by atoms with Crippen LogP contribution in [0.15, 0.2) is 29.7 Å². The van der Waals surface area contributed by atoms with Crippen LogP contribution >= 0.6 is 0 Å². The Hall–Kier alpha value is -1.20. The van der Waals surface area contributed by atoms with Crippen molar-refractivity contribution in [3.63, 3.8) is 0 Å². The van der Waals surface area contributed by atoms with Crippen molar-refractivity contribution in [1.29, 1.82) is 0 Å². The average molecular weight is 257 g/mol. The van der Waals surface area contributed by atoms with Crippen molar-refractivity contribution in [2.75, 3.05) is 0 Å². The third kappa shape index (κ3) is 5.60. The summed E-state index contributed by atoms with van der Waals surface area (Å²) in [5, 5.41) is 1.07. The Morgan fingerprint density at radius 2 is 1.71 bits per heavy atom. The zero-order valence-electron chi connectivity index (χ0n) is 10.1. The van der Waals surface area contributed by atoms with Crippen LogP contribution in [0.1, 0.15) is 26.3 Å². The number of hydrogen-bond acceptors (Lipinski definition) is 2. The second-order valence-corrected chi connectivity index (χ2v) is 6.32. The summed E-state index contributed by atoms with van der Waals surface area (Å²) in [6.07, 6.45) is 1.42. The van der Waals surface area contributed by atoms with Crippen molar-refractivity contribution in [3.8, 4) is 0 Å². The molecule has 1 rings (SSSR count). The van der Waals surface area contributed by atoms with Crippen LogP contribution in [0.4, 0.5) is 4.39 Å². The van der Waals surface area contributed by atoms with Gasteiger partial charge in [0.15, 0.2) is 0 Å². The summed E-state index contributed by atoms with van der Waals surface area (Å²) in [6, 6.07) is 5.59. The summed E-state index contributed by atoms with van der Waals surface area (Å²) in [5.41, 5.74) is 0.108. The molecule has 0 aliphatic heterocycles. The minimum atomic E-state index is -3.47. The van der Waals surface area contributed by atoms with Crippen molar-refractivity contribution >= 4 is 16.1 Å². The molecular formula is C12H16FNO2S. The summed E-state index contributed by atoms with van der Waals surface area (Å²) < 4.78 is 38.3. The van der Waals surface area contributed by atoms with Gasteiger partial charge in [-0.2, -0.15) is 0 Å². The predicted molar refractivity (Wildman–Crippen MR) is 67.2 cm³/mol. The molecule has 0 unspecified atom stereocenters. The second-order valence-electron chi connectivity index (χ2n) is 4.75. The molecule has 0 heterocycles. The lowest BCUT2D eigenvalue weighted by Gasteiger charge is -2.18. The molecular weight excluding hydrogens is 241 g/mol. The first-order valence-electron chi connectivity index (χ1n) is 5.16. The molecule has 17 heavy (non-hydrogen) atoms. The first-order chi connectivity index (χ1) is 7.68. The highest BCUT2D eigenvalue weighted by molar-refractivity contribution is 7.92. The van der Waals surface area contributed by atoms with Crippen LogP contribution in [0.25, 0.3) is 6.08 Å². The van der Waals surface area contributed by atoms with Crippen LogP contribution < -0.4 is 4.72 Å². The highest BCUT2D eigenvalue weighted by Crippen LogP contribution is 2.08. The van der Waals surface area contributed by atoms with E-state index in [0.29, 0.717) is 5.56 Å². The van der Waals surface area contributed by atoms with Gasteiger partial charge in [0, 0.05) is 10.9 Å². The number of hydrogen-bond donors (Lipinski definition) is 1. The second kappa shape index (κ2) is 4.98. The van der Waals surface area contributed by atoms with E-state index in [1.54, 1.807) is 20.8 Å². The molecule has 0 amide bonds. The van der Waals surface area contributed by atoms with Gasteiger partial charge in [-0.15, -0.1) is 0 Å². The Labute approximate surface area is 101 Å². The minimum Gasteiger partial charge on any atom is -0.208 e. The summed E-state index contributed by atoms with van der Waals surface area (Å²) in [4.78, 5) is 0. The number of benzene rings is 1. The fourth-order valence-electron chi connectivity index (χ4n) is 1.20. The lowest BCUT2D eigenvalue weighted by Crippen LogP contribution is -2.39. The monoisotopic (exact) mass is 257 g/mol. The first kappa shape index (κ1) is 13.9. The van der Waals surface area contributed by atoms with Gasteiger partial charge in [-0.25, -0.2) is 17.5 Å². The van der Waals surface area contributed by atoms with Gasteiger partial charge in [0.2, 0.25) is 10.0 Å². The lowest BCUT2D eigenvalue weighted by molar-refractivity contribution is 0.497. The smallest absolute Gasteiger partial charge is 0.208 e. The van der Waals surface area contributed by atoms with E-state index in [9.17, 15) is 12.8 Å². The molecule has 94 valence electrons. The van der Waals surface area contributed by atoms with E-state index in [0.717, 1.165) is 5.41 Å². The first-order valence-corrected chi connectivity index (χ1v) is 6.70. The van der Waals surface area contributed by atoms with Crippen molar-refractivity contribution in [2.45, 2.75) is 26.3 Å². The van der Waals surface area contributed by atoms with Crippen LogP contribution in [-0.4, -0.2) is 14.0 Å². The minimum absolute atomic E-state index is 0.349. The number of rotatable bonds is 3. The fourth-order valence-corrected chi connectivity index (χ4v) is 2.46. The van der Waals surface area contributed by atoms with Gasteiger partial charge in [-0.1, -0.05) is 12.1 Å². The summed E-state index contributed by atoms with van der Waals surface area (Å²) in [5.74, 6) is -0.349. The third-order valence-electron chi connectivity index (χ3n) is 1.76. The standard InChI is InChI=1S/C12H16FNO2S/c1-12(2,3)14-17(15,16)9-8-10-4-6-11(13)7-5-10/h4-9,14H,1-3H3/b9-8+. The number of nitrogens with one attached hydrogen (secondary N) is 1. The number of halogens is 1. The van der Waals surface area contributed by atoms with E-state index >= 15 is 0 Å². The topological polar surface area (TPSA) is 46.2 Å². The van der Waals surface area contributed by atoms with E-state index in [-0.39, 0.29) is 5.82 Å². The van der Waals surface area contributed by atoms with Gasteiger partial charge < -0.3 is 0 Å². The van der Waals surface area contributed by atoms with E-state index in [2.05, 4.69) is 4.72 Å². The molecule has 0 radical (unpaired) electrons. The predicted octanol–water partition coefficient (Wildman–Crippen LogP) is 2.51. The highest BCUT2D eigenvalue weighted by Gasteiger charge is 2.16. The average Bonchev–Trinajstić information content (AvgIpc) is 2.13. The normalized spacial score (nSPS) is 13.2. The molecule has 3 nitrogen and oxygen atoms in total. The lowest BCUT2D eigenvalue weighted by atomic mass is 10.1. The van der Waals surface area contributed by atoms with Crippen LogP contribution in [0.2, 0.25) is 0 Å². The van der Waals surface area contributed by atoms with Crippen molar-refractivity contribution in [2.24, 2.45) is 0 Å². The van der Waals surface area contributed by atoms with Gasteiger partial charge >= 0.3 is 0 Å². The Balaban J connectivity index is 2.81. The molecule has 0 saturated heterocycles. The van der Waals surface area contributed by atoms with Crippen LogP contribution in [-0.2, 0) is 10.0 Å². The molecule has 1 aromatic rings. The van der Waals surface area contributed by atoms with Crippen molar-refractivity contribution < 1.29 is 12.8 Å². The SMILES string of the molecule is CC(C)(C)NS(=O)(=O)/C=C/c1ccc(F)cc1. The van der Waals surface area contributed by atoms with Crippen molar-refractivity contribution in [1.82, 2.24) is 4.72 Å². The zero-order valence-corrected chi connectivity index (χ0v) is 10.9. The van der Waals surface area contributed by atoms with Gasteiger partial charge in [0.25, 0.3) is 0 Å². The maximum absolute atomic E-state index is 12.6. The third-order valence-corrected chi connectivity index (χ3v) is 3.15. The molecule has 1 aromatic carbocycles. The van der Waals surface area contributed by atoms with Gasteiger partial charge in [0.1, 0.15) is 5.82 Å². The molecule has 0 atom stereocenters. The molecule has 0 spiro atoms. The van der Waals surface area contributed by atoms with Crippen molar-refractivity contribution in [3.05, 3.63) is 41.1 Å². The molecule has 5 heteroatoms. The van der Waals surface area contributed by atoms with E-state index in [1.807, 2.05) is 0 Å². The molecule has 0 bridgehead atoms. The highest BCUT2D eigenvalue weighted by atomic mass is 32.2. The zero-order chi connectivity index (χ0) is 13.1. The molecule has 0 saturated carbocycles. The van der Waals surface area contributed by atoms with Crippen LogP contribution in [0.3, 0.4) is 0 Å². The maximum atomic E-state index is 12.6. The molecule has 0 aromatic heterocycles. The van der Waals surface area contributed by atoms with Crippen LogP contribution in [0, 0.1) is 5.82 Å². The Morgan fingerprint density at radius 3 is 2.18 bits per heavy atom. The summed E-state index contributed by atoms with van der Waals surface area (Å²) >= 11 is 0. The Bertz CT molecular complexity index is 498. The van der Waals surface area contributed by atoms with Gasteiger partial charge in [0.05, 0.1) is 0 Å². The van der Waals surface area contributed by atoms with E-state index in [1.165, 1.54) is 30.3 Å². The van der Waals surface area contributed by atoms with Gasteiger partial charge in [-0.3, -0.25) is 0 Å². The van der Waals surface area contributed by atoms with Gasteiger partial charge in [-0.05, 0) is 44.5 Å². The molecule has 0 aliphatic carbocycles. The quantitative estimate of drug-likeness (QED) is 0.904. The Kier molecular flexibility index (Phi) is 4.06. The molecule has 0 fully saturated rings. The maximum Gasteiger partial charge on any atom is 0.234 e. The number of sulfonamides is 1. The largest absolute Gasteiger partial charge is 0.234 e. The van der Waals surface area contributed by atoms with E-state index < -0.39 is 15.6 Å². The summed E-state index contributed by atoms with van der Waals surface area (Å²) in [6.45, 7) is 5.28. The Morgan fingerprint density at radius 1 is 1.18 bits per heavy atom. The molecule has 1 N–H and O–H groups in total. The summed E-state index contributed by atoms with van der Waals surface area (Å²) in [7, 11) is -3.47.